The minimum absolute atomic E-state index is 0.0329. The number of phenols is 2. The van der Waals surface area contributed by atoms with Crippen molar-refractivity contribution < 1.29 is 30.0 Å². The average Bonchev–Trinajstić information content (AvgIpc) is 2.61. The second-order valence-corrected chi connectivity index (χ2v) is 8.63. The zero-order valence-corrected chi connectivity index (χ0v) is 18.7. The molecule has 0 aliphatic rings. The lowest BCUT2D eigenvalue weighted by atomic mass is 9.94. The Morgan fingerprint density at radius 2 is 1.30 bits per heavy atom. The summed E-state index contributed by atoms with van der Waals surface area (Å²) >= 11 is 8.84. The Labute approximate surface area is 187 Å². The molecule has 0 unspecified atom stereocenters. The molecule has 0 aliphatic carbocycles. The fraction of sp³-hybridized carbons (Fsp3) is 0.300. The van der Waals surface area contributed by atoms with Gasteiger partial charge in [-0.05, 0) is 65.2 Å². The molecule has 8 N–H and O–H groups in total. The Morgan fingerprint density at radius 1 is 0.900 bits per heavy atom. The van der Waals surface area contributed by atoms with Crippen LogP contribution < -0.4 is 11.5 Å². The van der Waals surface area contributed by atoms with Gasteiger partial charge in [0.15, 0.2) is 0 Å². The first-order valence-electron chi connectivity index (χ1n) is 8.65. The van der Waals surface area contributed by atoms with Gasteiger partial charge in [-0.25, -0.2) is 0 Å². The number of hydrogen-bond donors (Lipinski definition) is 6. The third-order valence-electron chi connectivity index (χ3n) is 4.14. The molecule has 0 fully saturated rings. The fourth-order valence-corrected chi connectivity index (χ4v) is 2.95. The van der Waals surface area contributed by atoms with Crippen molar-refractivity contribution in [2.75, 3.05) is 0 Å². The van der Waals surface area contributed by atoms with Crippen molar-refractivity contribution in [1.82, 2.24) is 0 Å². The van der Waals surface area contributed by atoms with Crippen LogP contribution in [-0.4, -0.2) is 43.4 Å². The van der Waals surface area contributed by atoms with Crippen LogP contribution in [0.4, 0.5) is 0 Å². The Bertz CT molecular complexity index is 858. The van der Waals surface area contributed by atoms with E-state index in [1.807, 2.05) is 0 Å². The van der Waals surface area contributed by atoms with E-state index in [1.54, 1.807) is 18.2 Å². The van der Waals surface area contributed by atoms with Gasteiger partial charge < -0.3 is 31.9 Å². The summed E-state index contributed by atoms with van der Waals surface area (Å²) in [5.41, 5.74) is 9.98. The van der Waals surface area contributed by atoms with Crippen LogP contribution in [0.25, 0.3) is 0 Å². The maximum Gasteiger partial charge on any atom is 0.323 e. The number of halogens is 2. The molecule has 0 aliphatic heterocycles. The molecule has 0 amide bonds. The molecule has 0 aromatic heterocycles. The predicted octanol–water partition coefficient (Wildman–Crippen LogP) is 2.89. The number of carboxylic acid groups (broad SMARTS) is 2. The Hall–Kier alpha value is -2.33. The van der Waals surface area contributed by atoms with Gasteiger partial charge in [0, 0.05) is 12.8 Å². The Kier molecular flexibility index (Phi) is 8.67. The van der Waals surface area contributed by atoms with E-state index in [2.05, 4.69) is 15.9 Å². The first-order chi connectivity index (χ1) is 13.7. The Morgan fingerprint density at radius 3 is 1.67 bits per heavy atom. The number of carbonyl (C=O) groups is 2. The van der Waals surface area contributed by atoms with Gasteiger partial charge in [0.25, 0.3) is 0 Å². The SMILES string of the molecule is C[C@@](N)(Cc1ccc(O)c(Br)c1)C(=O)O.C[C@](N)(Cc1ccc(O)c(Cl)c1)C(=O)O. The van der Waals surface area contributed by atoms with Crippen LogP contribution in [-0.2, 0) is 22.4 Å². The van der Waals surface area contributed by atoms with Crippen LogP contribution >= 0.6 is 27.5 Å². The quantitative estimate of drug-likeness (QED) is 0.350. The summed E-state index contributed by atoms with van der Waals surface area (Å²) in [6, 6.07) is 9.31. The first-order valence-corrected chi connectivity index (χ1v) is 9.82. The standard InChI is InChI=1S/C10H12BrNO3.C10H12ClNO3/c2*1-10(12,9(14)15)5-6-2-3-8(13)7(11)4-6/h2*2-4,13H,5,12H2,1H3,(H,14,15)/t2*10-/m10/s1. The van der Waals surface area contributed by atoms with Crippen molar-refractivity contribution in [1.29, 1.82) is 0 Å². The van der Waals surface area contributed by atoms with Crippen LogP contribution in [0.15, 0.2) is 40.9 Å². The van der Waals surface area contributed by atoms with Gasteiger partial charge >= 0.3 is 11.9 Å². The molecule has 2 atom stereocenters. The molecule has 0 radical (unpaired) electrons. The van der Waals surface area contributed by atoms with E-state index in [-0.39, 0.29) is 29.4 Å². The van der Waals surface area contributed by atoms with E-state index in [9.17, 15) is 19.8 Å². The Balaban J connectivity index is 0.000000300. The number of phenolic OH excluding ortho intramolecular Hbond substituents is 2. The minimum atomic E-state index is -1.33. The molecule has 2 rings (SSSR count). The third-order valence-corrected chi connectivity index (χ3v) is 5.08. The summed E-state index contributed by atoms with van der Waals surface area (Å²) in [4.78, 5) is 21.6. The van der Waals surface area contributed by atoms with Crippen molar-refractivity contribution in [3.8, 4) is 11.5 Å². The average molecular weight is 504 g/mol. The van der Waals surface area contributed by atoms with Gasteiger partial charge in [0.2, 0.25) is 0 Å². The third kappa shape index (κ3) is 7.49. The van der Waals surface area contributed by atoms with Crippen LogP contribution in [0.2, 0.25) is 5.02 Å². The van der Waals surface area contributed by atoms with Gasteiger partial charge in [0.05, 0.1) is 9.50 Å². The van der Waals surface area contributed by atoms with E-state index in [1.165, 1.54) is 32.0 Å². The van der Waals surface area contributed by atoms with Crippen molar-refractivity contribution in [3.63, 3.8) is 0 Å². The van der Waals surface area contributed by atoms with Gasteiger partial charge in [0.1, 0.15) is 22.6 Å². The van der Waals surface area contributed by atoms with Crippen molar-refractivity contribution in [3.05, 3.63) is 57.0 Å². The van der Waals surface area contributed by atoms with Crippen LogP contribution in [0.1, 0.15) is 25.0 Å². The van der Waals surface area contributed by atoms with Crippen LogP contribution in [0.5, 0.6) is 11.5 Å². The van der Waals surface area contributed by atoms with Crippen LogP contribution in [0, 0.1) is 0 Å². The second kappa shape index (κ2) is 10.1. The lowest BCUT2D eigenvalue weighted by Crippen LogP contribution is -2.46. The van der Waals surface area contributed by atoms with Crippen LogP contribution in [0.3, 0.4) is 0 Å². The molecular formula is C20H24BrClN2O6. The summed E-state index contributed by atoms with van der Waals surface area (Å²) in [6.07, 6.45) is 0.365. The molecule has 2 aromatic carbocycles. The van der Waals surface area contributed by atoms with E-state index >= 15 is 0 Å². The first kappa shape index (κ1) is 25.7. The summed E-state index contributed by atoms with van der Waals surface area (Å²) < 4.78 is 0.529. The van der Waals surface area contributed by atoms with Crippen molar-refractivity contribution in [2.45, 2.75) is 37.8 Å². The lowest BCUT2D eigenvalue weighted by molar-refractivity contribution is -0.143. The van der Waals surface area contributed by atoms with Gasteiger partial charge in [-0.2, -0.15) is 0 Å². The molecule has 30 heavy (non-hydrogen) atoms. The van der Waals surface area contributed by atoms with Crippen molar-refractivity contribution >= 4 is 39.5 Å². The van der Waals surface area contributed by atoms with E-state index < -0.39 is 23.0 Å². The summed E-state index contributed by atoms with van der Waals surface area (Å²) in [7, 11) is 0. The monoisotopic (exact) mass is 502 g/mol. The molecule has 0 bridgehead atoms. The normalized spacial score (nSPS) is 14.6. The number of carboxylic acids is 2. The second-order valence-electron chi connectivity index (χ2n) is 7.37. The number of hydrogen-bond acceptors (Lipinski definition) is 6. The topological polar surface area (TPSA) is 167 Å². The van der Waals surface area contributed by atoms with Crippen molar-refractivity contribution in [2.24, 2.45) is 11.5 Å². The molecule has 0 heterocycles. The molecular weight excluding hydrogens is 480 g/mol. The molecule has 164 valence electrons. The molecule has 10 heteroatoms. The van der Waals surface area contributed by atoms with Gasteiger partial charge in [-0.15, -0.1) is 0 Å². The van der Waals surface area contributed by atoms with E-state index in [4.69, 9.17) is 33.3 Å². The molecule has 0 saturated carbocycles. The highest BCUT2D eigenvalue weighted by Crippen LogP contribution is 2.26. The lowest BCUT2D eigenvalue weighted by Gasteiger charge is -2.19. The smallest absolute Gasteiger partial charge is 0.323 e. The molecule has 2 aromatic rings. The number of benzene rings is 2. The van der Waals surface area contributed by atoms with E-state index in [0.29, 0.717) is 10.0 Å². The number of rotatable bonds is 6. The summed E-state index contributed by atoms with van der Waals surface area (Å²) in [6.45, 7) is 2.88. The minimum Gasteiger partial charge on any atom is -0.507 e. The zero-order valence-electron chi connectivity index (χ0n) is 16.4. The maximum absolute atomic E-state index is 10.8. The zero-order chi connectivity index (χ0) is 23.3. The highest BCUT2D eigenvalue weighted by Gasteiger charge is 2.29. The fourth-order valence-electron chi connectivity index (χ4n) is 2.32. The largest absolute Gasteiger partial charge is 0.507 e. The van der Waals surface area contributed by atoms with Gasteiger partial charge in [-0.1, -0.05) is 23.7 Å². The van der Waals surface area contributed by atoms with Gasteiger partial charge in [-0.3, -0.25) is 9.59 Å². The summed E-state index contributed by atoms with van der Waals surface area (Å²) in [5.74, 6) is -2.04. The van der Waals surface area contributed by atoms with E-state index in [0.717, 1.165) is 5.56 Å². The predicted molar refractivity (Wildman–Crippen MR) is 117 cm³/mol. The highest BCUT2D eigenvalue weighted by atomic mass is 79.9. The molecule has 8 nitrogen and oxygen atoms in total. The number of aromatic hydroxyl groups is 2. The number of aliphatic carboxylic acids is 2. The molecule has 0 saturated heterocycles. The number of nitrogens with two attached hydrogens (primary N) is 2. The summed E-state index contributed by atoms with van der Waals surface area (Å²) in [5, 5.41) is 36.3. The maximum atomic E-state index is 10.8. The molecule has 0 spiro atoms. The highest BCUT2D eigenvalue weighted by molar-refractivity contribution is 9.10.